The molecule has 0 bridgehead atoms. The molecule has 1 heterocycles. The summed E-state index contributed by atoms with van der Waals surface area (Å²) in [5, 5.41) is 25.1. The molecule has 0 radical (unpaired) electrons. The molecule has 0 aliphatic rings. The number of hydrogen-bond donors (Lipinski definition) is 2. The normalized spacial score (nSPS) is 9.71. The zero-order chi connectivity index (χ0) is 15.7. The minimum atomic E-state index is -0.674. The third kappa shape index (κ3) is 5.04. The van der Waals surface area contributed by atoms with E-state index in [1.54, 1.807) is 6.07 Å². The molecule has 0 aromatic carbocycles. The highest BCUT2D eigenvalue weighted by molar-refractivity contribution is 5.76. The maximum Gasteiger partial charge on any atom is 0.328 e. The Morgan fingerprint density at radius 3 is 2.95 bits per heavy atom. The van der Waals surface area contributed by atoms with Crippen LogP contribution in [0.2, 0.25) is 0 Å². The Hall–Kier alpha value is -2.73. The molecular formula is C12H15N5O4. The maximum atomic E-state index is 11.4. The monoisotopic (exact) mass is 293 g/mol. The molecule has 9 heteroatoms. The zero-order valence-corrected chi connectivity index (χ0v) is 11.5. The second-order valence-electron chi connectivity index (χ2n) is 3.94. The lowest BCUT2D eigenvalue weighted by atomic mass is 10.2. The van der Waals surface area contributed by atoms with Gasteiger partial charge in [-0.25, -0.2) is 4.98 Å². The number of aromatic nitrogens is 1. The molecule has 1 rings (SSSR count). The number of hydrogen-bond acceptors (Lipinski definition) is 7. The molecule has 0 atom stereocenters. The van der Waals surface area contributed by atoms with E-state index in [1.807, 2.05) is 0 Å². The first-order valence-corrected chi connectivity index (χ1v) is 6.13. The molecule has 0 aliphatic heterocycles. The van der Waals surface area contributed by atoms with Crippen molar-refractivity contribution in [3.63, 3.8) is 0 Å². The van der Waals surface area contributed by atoms with Crippen LogP contribution in [-0.4, -0.2) is 42.6 Å². The minimum Gasteiger partial charge on any atom is -0.383 e. The molecule has 21 heavy (non-hydrogen) atoms. The van der Waals surface area contributed by atoms with Gasteiger partial charge in [0.15, 0.2) is 0 Å². The summed E-state index contributed by atoms with van der Waals surface area (Å²) in [6.45, 7) is 0.982. The van der Waals surface area contributed by atoms with Gasteiger partial charge in [0.2, 0.25) is 11.7 Å². The van der Waals surface area contributed by atoms with Crippen LogP contribution in [-0.2, 0) is 9.53 Å². The molecule has 0 saturated heterocycles. The zero-order valence-electron chi connectivity index (χ0n) is 11.5. The molecule has 112 valence electrons. The first-order valence-electron chi connectivity index (χ1n) is 6.13. The molecular weight excluding hydrogens is 278 g/mol. The predicted octanol–water partition coefficient (Wildman–Crippen LogP) is 0.426. The van der Waals surface area contributed by atoms with Crippen LogP contribution in [0.5, 0.6) is 0 Å². The summed E-state index contributed by atoms with van der Waals surface area (Å²) < 4.78 is 4.79. The maximum absolute atomic E-state index is 11.4. The number of nitriles is 1. The Balaban J connectivity index is 2.58. The molecule has 0 aliphatic carbocycles. The highest BCUT2D eigenvalue weighted by Crippen LogP contribution is 2.25. The number of ether oxygens (including phenoxy) is 1. The number of methoxy groups -OCH3 is 1. The topological polar surface area (TPSA) is 130 Å². The van der Waals surface area contributed by atoms with Gasteiger partial charge in [-0.05, 0) is 6.07 Å². The smallest absolute Gasteiger partial charge is 0.328 e. The second-order valence-corrected chi connectivity index (χ2v) is 3.94. The van der Waals surface area contributed by atoms with E-state index in [9.17, 15) is 14.9 Å². The van der Waals surface area contributed by atoms with Gasteiger partial charge in [-0.3, -0.25) is 14.9 Å². The van der Waals surface area contributed by atoms with Gasteiger partial charge in [-0.2, -0.15) is 5.26 Å². The molecule has 0 saturated carbocycles. The van der Waals surface area contributed by atoms with Crippen molar-refractivity contribution in [2.45, 2.75) is 6.42 Å². The summed E-state index contributed by atoms with van der Waals surface area (Å²) in [4.78, 5) is 25.5. The molecule has 2 N–H and O–H groups in total. The van der Waals surface area contributed by atoms with E-state index in [2.05, 4.69) is 15.6 Å². The van der Waals surface area contributed by atoms with Crippen molar-refractivity contribution in [3.05, 3.63) is 27.9 Å². The Morgan fingerprint density at radius 1 is 1.57 bits per heavy atom. The van der Waals surface area contributed by atoms with Crippen LogP contribution in [0.4, 0.5) is 11.5 Å². The van der Waals surface area contributed by atoms with E-state index in [-0.39, 0.29) is 35.9 Å². The Labute approximate surface area is 121 Å². The van der Waals surface area contributed by atoms with Gasteiger partial charge in [-0.1, -0.05) is 0 Å². The number of carbonyl (C=O) groups is 1. The van der Waals surface area contributed by atoms with E-state index in [4.69, 9.17) is 10.00 Å². The van der Waals surface area contributed by atoms with Gasteiger partial charge in [0.1, 0.15) is 11.6 Å². The number of nitrogens with zero attached hydrogens (tertiary/aromatic N) is 3. The number of nitrogens with one attached hydrogen (secondary N) is 2. The van der Waals surface area contributed by atoms with Crippen LogP contribution in [0.3, 0.4) is 0 Å². The Morgan fingerprint density at radius 2 is 2.33 bits per heavy atom. The van der Waals surface area contributed by atoms with Gasteiger partial charge < -0.3 is 15.4 Å². The molecule has 0 unspecified atom stereocenters. The second kappa shape index (κ2) is 8.44. The van der Waals surface area contributed by atoms with Crippen LogP contribution in [0.25, 0.3) is 0 Å². The number of anilines is 1. The highest BCUT2D eigenvalue weighted by atomic mass is 16.6. The highest BCUT2D eigenvalue weighted by Gasteiger charge is 2.20. The minimum absolute atomic E-state index is 0.0243. The number of carbonyl (C=O) groups excluding carboxylic acids is 1. The Kier molecular flexibility index (Phi) is 6.56. The first kappa shape index (κ1) is 16.3. The van der Waals surface area contributed by atoms with Gasteiger partial charge in [0.25, 0.3) is 0 Å². The largest absolute Gasteiger partial charge is 0.383 e. The number of amides is 1. The van der Waals surface area contributed by atoms with Crippen molar-refractivity contribution in [1.29, 1.82) is 5.26 Å². The van der Waals surface area contributed by atoms with Gasteiger partial charge in [-0.15, -0.1) is 0 Å². The number of rotatable bonds is 8. The van der Waals surface area contributed by atoms with Crippen LogP contribution in [0, 0.1) is 21.4 Å². The Bertz CT molecular complexity index is 555. The lowest BCUT2D eigenvalue weighted by molar-refractivity contribution is -0.384. The van der Waals surface area contributed by atoms with Gasteiger partial charge in [0.05, 0.1) is 11.5 Å². The van der Waals surface area contributed by atoms with E-state index in [1.165, 1.54) is 19.4 Å². The number of nitro groups is 1. The van der Waals surface area contributed by atoms with Crippen molar-refractivity contribution in [2.24, 2.45) is 0 Å². The summed E-state index contributed by atoms with van der Waals surface area (Å²) in [5.74, 6) is -0.234. The first-order chi connectivity index (χ1) is 10.1. The van der Waals surface area contributed by atoms with Crippen LogP contribution in [0.15, 0.2) is 12.3 Å². The van der Waals surface area contributed by atoms with Crippen molar-refractivity contribution >= 4 is 17.4 Å². The number of pyridine rings is 1. The van der Waals surface area contributed by atoms with E-state index in [0.717, 1.165) is 0 Å². The fourth-order valence-electron chi connectivity index (χ4n) is 1.53. The fraction of sp³-hybridized carbons (Fsp3) is 0.417. The van der Waals surface area contributed by atoms with Crippen LogP contribution >= 0.6 is 0 Å². The van der Waals surface area contributed by atoms with Crippen LogP contribution in [0.1, 0.15) is 12.0 Å². The summed E-state index contributed by atoms with van der Waals surface area (Å²) in [6.07, 6.45) is 1.42. The average molecular weight is 293 g/mol. The molecule has 0 spiro atoms. The summed E-state index contributed by atoms with van der Waals surface area (Å²) in [7, 11) is 1.53. The summed E-state index contributed by atoms with van der Waals surface area (Å²) in [6, 6.07) is 3.00. The standard InChI is InChI=1S/C12H15N5O4/c1-21-7-6-14-10(18)3-5-16-12-11(17(19)20)9(8-13)2-4-15-12/h2,4H,3,5-7H2,1H3,(H,14,18)(H,15,16). The van der Waals surface area contributed by atoms with E-state index >= 15 is 0 Å². The van der Waals surface area contributed by atoms with Crippen molar-refractivity contribution < 1.29 is 14.5 Å². The van der Waals surface area contributed by atoms with E-state index in [0.29, 0.717) is 13.2 Å². The van der Waals surface area contributed by atoms with Crippen molar-refractivity contribution in [1.82, 2.24) is 10.3 Å². The van der Waals surface area contributed by atoms with E-state index < -0.39 is 4.92 Å². The average Bonchev–Trinajstić information content (AvgIpc) is 2.47. The lowest BCUT2D eigenvalue weighted by Crippen LogP contribution is -2.28. The quantitative estimate of drug-likeness (QED) is 0.403. The SMILES string of the molecule is COCCNC(=O)CCNc1nccc(C#N)c1[N+](=O)[O-]. The molecule has 0 fully saturated rings. The fourth-order valence-corrected chi connectivity index (χ4v) is 1.53. The third-order valence-electron chi connectivity index (χ3n) is 2.50. The van der Waals surface area contributed by atoms with Crippen molar-refractivity contribution in [2.75, 3.05) is 32.1 Å². The van der Waals surface area contributed by atoms with Crippen molar-refractivity contribution in [3.8, 4) is 6.07 Å². The van der Waals surface area contributed by atoms with Crippen LogP contribution < -0.4 is 10.6 Å². The predicted molar refractivity (Wildman–Crippen MR) is 73.6 cm³/mol. The lowest BCUT2D eigenvalue weighted by Gasteiger charge is -2.07. The van der Waals surface area contributed by atoms with Gasteiger partial charge in [0, 0.05) is 32.8 Å². The summed E-state index contributed by atoms with van der Waals surface area (Å²) >= 11 is 0. The molecule has 9 nitrogen and oxygen atoms in total. The molecule has 1 aromatic rings. The molecule has 1 aromatic heterocycles. The summed E-state index contributed by atoms with van der Waals surface area (Å²) in [5.41, 5.74) is -0.471. The van der Waals surface area contributed by atoms with Gasteiger partial charge >= 0.3 is 5.69 Å². The third-order valence-corrected chi connectivity index (χ3v) is 2.50. The molecule has 1 amide bonds.